The van der Waals surface area contributed by atoms with Gasteiger partial charge in [-0.2, -0.15) is 0 Å². The zero-order valence-electron chi connectivity index (χ0n) is 14.2. The Kier molecular flexibility index (Phi) is 10.5. The summed E-state index contributed by atoms with van der Waals surface area (Å²) in [4.78, 5) is 46.4. The Morgan fingerprint density at radius 2 is 1.85 bits per heavy atom. The van der Waals surface area contributed by atoms with Crippen LogP contribution >= 0.6 is 12.6 Å². The van der Waals surface area contributed by atoms with Crippen molar-refractivity contribution in [3.63, 3.8) is 0 Å². The first-order valence-electron chi connectivity index (χ1n) is 7.96. The van der Waals surface area contributed by atoms with Crippen LogP contribution in [0.25, 0.3) is 0 Å². The molecule has 147 valence electrons. The molecule has 1 aromatic rings. The van der Waals surface area contributed by atoms with Crippen LogP contribution in [0.1, 0.15) is 12.8 Å². The van der Waals surface area contributed by atoms with Gasteiger partial charge < -0.3 is 0 Å². The molecule has 2 amide bonds. The summed E-state index contributed by atoms with van der Waals surface area (Å²) in [6.07, 6.45) is 0.156. The Morgan fingerprint density at radius 1 is 1.22 bits per heavy atom. The number of para-hydroxylation sites is 1. The second-order valence-electron chi connectivity index (χ2n) is 5.55. The number of rotatable bonds is 11. The van der Waals surface area contributed by atoms with Gasteiger partial charge in [0.2, 0.25) is 0 Å². The molecule has 1 rings (SSSR count). The van der Waals surface area contributed by atoms with Crippen molar-refractivity contribution in [2.24, 2.45) is 0 Å². The third kappa shape index (κ3) is 8.35. The summed E-state index contributed by atoms with van der Waals surface area (Å²) in [7, 11) is 0. The molecule has 8 nitrogen and oxygen atoms in total. The molecule has 0 saturated carbocycles. The van der Waals surface area contributed by atoms with Crippen molar-refractivity contribution in [1.29, 1.82) is 0 Å². The molecule has 1 unspecified atom stereocenters. The van der Waals surface area contributed by atoms with Crippen molar-refractivity contribution in [1.82, 2.24) is 10.6 Å². The molecule has 11 heteroatoms. The third-order valence-corrected chi connectivity index (χ3v) is 5.05. The summed E-state index contributed by atoms with van der Waals surface area (Å²) in [5.41, 5.74) is 0.739. The average molecular weight is 477 g/mol. The summed E-state index contributed by atoms with van der Waals surface area (Å²) in [6.45, 7) is -0.549. The number of carboxylic acids is 1. The van der Waals surface area contributed by atoms with Gasteiger partial charge in [0.05, 0.1) is 0 Å². The number of hydrogen-bond donors (Lipinski definition) is 5. The minimum absolute atomic E-state index is 0.00351. The maximum absolute atomic E-state index is 12.1. The van der Waals surface area contributed by atoms with Gasteiger partial charge in [0.15, 0.2) is 0 Å². The van der Waals surface area contributed by atoms with E-state index in [0.717, 1.165) is 5.69 Å². The number of amides is 2. The van der Waals surface area contributed by atoms with E-state index in [1.165, 1.54) is 0 Å². The summed E-state index contributed by atoms with van der Waals surface area (Å²) < 4.78 is 0.179. The third-order valence-electron chi connectivity index (χ3n) is 3.57. The van der Waals surface area contributed by atoms with Gasteiger partial charge in [-0.15, -0.1) is 0 Å². The maximum atomic E-state index is 12.1. The molecule has 0 spiro atoms. The van der Waals surface area contributed by atoms with Crippen molar-refractivity contribution >= 4 is 69.6 Å². The number of thiol groups is 1. The van der Waals surface area contributed by atoms with E-state index in [1.807, 2.05) is 18.2 Å². The number of nitrogens with one attached hydrogen (secondary N) is 3. The molecule has 0 fully saturated rings. The molecule has 0 bridgehead atoms. The van der Waals surface area contributed by atoms with Crippen LogP contribution in [0, 0.1) is 0 Å². The van der Waals surface area contributed by atoms with Crippen molar-refractivity contribution in [2.45, 2.75) is 24.9 Å². The van der Waals surface area contributed by atoms with Crippen LogP contribution in [-0.2, 0) is 32.0 Å². The molecule has 0 aromatic heterocycles. The van der Waals surface area contributed by atoms with Gasteiger partial charge in [-0.25, -0.2) is 0 Å². The van der Waals surface area contributed by atoms with Crippen LogP contribution in [-0.4, -0.2) is 68.0 Å². The standard InChI is InChI=1S/C16H20N3O5S2Se/c20-13(18-11(9-25)15(23)17-8-14(21)22)7-6-12(16(24)27)19(26)10-4-2-1-3-5-10/h1-5,11-12,19,25H,6-9H2,(H,17,23)(H,18,20)(H,21,22)/t11-,12-/m0/s1. The van der Waals surface area contributed by atoms with Crippen LogP contribution in [0.3, 0.4) is 0 Å². The van der Waals surface area contributed by atoms with Crippen molar-refractivity contribution in [3.8, 4) is 0 Å². The zero-order chi connectivity index (χ0) is 20.4. The molecule has 0 aliphatic rings. The Hall–Kier alpha value is -1.52. The first-order valence-corrected chi connectivity index (χ1v) is 9.85. The first-order chi connectivity index (χ1) is 12.8. The van der Waals surface area contributed by atoms with Gasteiger partial charge in [0, 0.05) is 0 Å². The van der Waals surface area contributed by atoms with Gasteiger partial charge in [-0.05, 0) is 0 Å². The monoisotopic (exact) mass is 478 g/mol. The molecule has 3 atom stereocenters. The SMILES string of the molecule is O=C(O)CNC(=O)[C@H](CS)NC(=O)CC[C@@H](C(=O)[Se])[NH+]([S-])c1ccccc1. The number of carbonyl (C=O) groups is 4. The number of carbonyl (C=O) groups excluding carboxylic acids is 3. The van der Waals surface area contributed by atoms with E-state index < -0.39 is 36.4 Å². The van der Waals surface area contributed by atoms with Gasteiger partial charge in [0.1, 0.15) is 0 Å². The predicted octanol–water partition coefficient (Wildman–Crippen LogP) is -1.88. The molecule has 1 aromatic carbocycles. The Morgan fingerprint density at radius 3 is 2.37 bits per heavy atom. The van der Waals surface area contributed by atoms with E-state index in [4.69, 9.17) is 17.9 Å². The van der Waals surface area contributed by atoms with Crippen LogP contribution in [0.4, 0.5) is 5.69 Å². The van der Waals surface area contributed by atoms with Crippen molar-refractivity contribution in [2.75, 3.05) is 12.3 Å². The van der Waals surface area contributed by atoms with E-state index in [-0.39, 0.29) is 23.3 Å². The predicted molar refractivity (Wildman–Crippen MR) is 105 cm³/mol. The number of hydrogen-bond acceptors (Lipinski definition) is 6. The normalized spacial score (nSPS) is 13.9. The average Bonchev–Trinajstić information content (AvgIpc) is 2.64. The Bertz CT molecular complexity index is 677. The molecular formula is C16H20N3O5S2Se. The topological polar surface area (TPSA) is 117 Å². The molecule has 27 heavy (non-hydrogen) atoms. The van der Waals surface area contributed by atoms with Gasteiger partial charge in [-0.1, -0.05) is 0 Å². The summed E-state index contributed by atoms with van der Waals surface area (Å²) >= 11 is 11.8. The summed E-state index contributed by atoms with van der Waals surface area (Å²) in [5, 5.41) is 13.2. The van der Waals surface area contributed by atoms with E-state index >= 15 is 0 Å². The van der Waals surface area contributed by atoms with Crippen molar-refractivity contribution < 1.29 is 28.6 Å². The Balaban J connectivity index is 2.62. The fourth-order valence-electron chi connectivity index (χ4n) is 2.18. The van der Waals surface area contributed by atoms with Crippen LogP contribution in [0.2, 0.25) is 0 Å². The Labute approximate surface area is 176 Å². The molecule has 0 aliphatic carbocycles. The number of benzene rings is 1. The van der Waals surface area contributed by atoms with Crippen LogP contribution < -0.4 is 14.9 Å². The number of quaternary nitrogens is 1. The van der Waals surface area contributed by atoms with E-state index in [9.17, 15) is 19.2 Å². The zero-order valence-corrected chi connectivity index (χ0v) is 17.6. The molecule has 4 N–H and O–H groups in total. The molecular weight excluding hydrogens is 457 g/mol. The molecule has 0 heterocycles. The van der Waals surface area contributed by atoms with E-state index in [2.05, 4.69) is 39.3 Å². The molecule has 1 radical (unpaired) electrons. The second-order valence-corrected chi connectivity index (χ2v) is 7.20. The van der Waals surface area contributed by atoms with Crippen molar-refractivity contribution in [3.05, 3.63) is 30.3 Å². The second kappa shape index (κ2) is 12.0. The molecule has 0 aliphatic heterocycles. The number of carboxylic acid groups (broad SMARTS) is 1. The first kappa shape index (κ1) is 23.5. The minimum atomic E-state index is -1.19. The molecule has 0 saturated heterocycles. The van der Waals surface area contributed by atoms with Gasteiger partial charge >= 0.3 is 176 Å². The summed E-state index contributed by atoms with van der Waals surface area (Å²) in [5.74, 6) is -2.29. The fourth-order valence-corrected chi connectivity index (χ4v) is 3.46. The van der Waals surface area contributed by atoms with Crippen LogP contribution in [0.5, 0.6) is 0 Å². The quantitative estimate of drug-likeness (QED) is 0.145. The van der Waals surface area contributed by atoms with Crippen LogP contribution in [0.15, 0.2) is 30.3 Å². The summed E-state index contributed by atoms with van der Waals surface area (Å²) in [6, 6.07) is 7.43. The van der Waals surface area contributed by atoms with E-state index in [1.54, 1.807) is 12.1 Å². The van der Waals surface area contributed by atoms with E-state index in [0.29, 0.717) is 4.31 Å². The van der Waals surface area contributed by atoms with Gasteiger partial charge in [0.25, 0.3) is 0 Å². The van der Waals surface area contributed by atoms with Gasteiger partial charge in [-0.3, -0.25) is 0 Å². The number of aliphatic carboxylic acids is 1. The fraction of sp³-hybridized carbons (Fsp3) is 0.375.